The van der Waals surface area contributed by atoms with Crippen molar-refractivity contribution in [1.82, 2.24) is 14.7 Å². The lowest BCUT2D eigenvalue weighted by molar-refractivity contribution is 0.0600. The number of piperazine rings is 1. The van der Waals surface area contributed by atoms with Crippen molar-refractivity contribution in [3.63, 3.8) is 0 Å². The van der Waals surface area contributed by atoms with Gasteiger partial charge in [0.05, 0.1) is 19.2 Å². The molecule has 41 heavy (non-hydrogen) atoms. The Morgan fingerprint density at radius 3 is 2.02 bits per heavy atom. The maximum atomic E-state index is 15.0. The highest BCUT2D eigenvalue weighted by molar-refractivity contribution is 7.99. The van der Waals surface area contributed by atoms with Crippen molar-refractivity contribution in [1.29, 1.82) is 0 Å². The highest BCUT2D eigenvalue weighted by Gasteiger charge is 2.26. The van der Waals surface area contributed by atoms with Gasteiger partial charge in [0.15, 0.2) is 0 Å². The van der Waals surface area contributed by atoms with Crippen molar-refractivity contribution in [3.05, 3.63) is 101 Å². The molecule has 2 fully saturated rings. The van der Waals surface area contributed by atoms with Crippen LogP contribution in [0, 0.1) is 5.82 Å². The second kappa shape index (κ2) is 14.0. The molecule has 2 heterocycles. The molecule has 7 nitrogen and oxygen atoms in total. The van der Waals surface area contributed by atoms with Gasteiger partial charge in [0.25, 0.3) is 0 Å². The Morgan fingerprint density at radius 1 is 0.829 bits per heavy atom. The van der Waals surface area contributed by atoms with E-state index in [1.807, 2.05) is 28.8 Å². The molecule has 2 aliphatic rings. The molecule has 0 radical (unpaired) electrons. The van der Waals surface area contributed by atoms with E-state index in [1.54, 1.807) is 11.0 Å². The van der Waals surface area contributed by atoms with E-state index < -0.39 is 11.8 Å². The van der Waals surface area contributed by atoms with Crippen LogP contribution in [0.5, 0.6) is 0 Å². The van der Waals surface area contributed by atoms with E-state index in [1.165, 1.54) is 30.4 Å². The van der Waals surface area contributed by atoms with Crippen LogP contribution in [0.2, 0.25) is 0 Å². The minimum Gasteiger partial charge on any atom is -0.465 e. The number of carbonyl (C=O) groups excluding carboxylic acids is 2. The number of ether oxygens (including phenoxy) is 1. The van der Waals surface area contributed by atoms with E-state index in [9.17, 15) is 9.59 Å². The summed E-state index contributed by atoms with van der Waals surface area (Å²) in [6, 6.07) is 22.8. The molecule has 0 atom stereocenters. The molecule has 9 heteroatoms. The summed E-state index contributed by atoms with van der Waals surface area (Å²) in [7, 11) is 1.26. The topological polar surface area (TPSA) is 56.3 Å². The van der Waals surface area contributed by atoms with Gasteiger partial charge in [0.1, 0.15) is 5.82 Å². The quantitative estimate of drug-likeness (QED) is 0.348. The van der Waals surface area contributed by atoms with Gasteiger partial charge in [-0.05, 0) is 35.4 Å². The lowest BCUT2D eigenvalue weighted by Crippen LogP contribution is -2.46. The third kappa shape index (κ3) is 7.67. The molecule has 0 N–H and O–H groups in total. The molecule has 0 spiro atoms. The monoisotopic (exact) mass is 576 g/mol. The summed E-state index contributed by atoms with van der Waals surface area (Å²) in [6.07, 6.45) is 0. The van der Waals surface area contributed by atoms with Crippen LogP contribution in [0.15, 0.2) is 72.8 Å². The van der Waals surface area contributed by atoms with Crippen molar-refractivity contribution in [2.45, 2.75) is 19.6 Å². The minimum atomic E-state index is -0.595. The summed E-state index contributed by atoms with van der Waals surface area (Å²) in [5.41, 5.74) is 3.74. The second-order valence-corrected chi connectivity index (χ2v) is 11.7. The lowest BCUT2D eigenvalue weighted by atomic mass is 10.1. The highest BCUT2D eigenvalue weighted by Crippen LogP contribution is 2.24. The molecule has 3 aromatic rings. The van der Waals surface area contributed by atoms with Crippen LogP contribution < -0.4 is 4.90 Å². The third-order valence-corrected chi connectivity index (χ3v) is 8.63. The van der Waals surface area contributed by atoms with Crippen LogP contribution in [-0.4, -0.2) is 84.6 Å². The standard InChI is InChI=1S/C32H37FN4O3S/c1-40-31(38)27-9-10-28(30(33)21-27)24-37(32(39)36-17-19-41-20-18-36)29-11-7-26(8-12-29)23-35-15-13-34(14-16-35)22-25-5-3-2-4-6-25/h2-12,21H,13-20,22-24H2,1H3. The second-order valence-electron chi connectivity index (χ2n) is 10.5. The number of thioether (sulfide) groups is 1. The Balaban J connectivity index is 1.25. The van der Waals surface area contributed by atoms with Gasteiger partial charge in [-0.25, -0.2) is 14.0 Å². The summed E-state index contributed by atoms with van der Waals surface area (Å²) < 4.78 is 19.7. The van der Waals surface area contributed by atoms with Crippen LogP contribution >= 0.6 is 11.8 Å². The predicted molar refractivity (Wildman–Crippen MR) is 162 cm³/mol. The molecule has 5 rings (SSSR count). The number of anilines is 1. The smallest absolute Gasteiger partial charge is 0.337 e. The highest BCUT2D eigenvalue weighted by atomic mass is 32.2. The SMILES string of the molecule is COC(=O)c1ccc(CN(C(=O)N2CCSCC2)c2ccc(CN3CCN(Cc4ccccc4)CC3)cc2)c(F)c1. The van der Waals surface area contributed by atoms with Gasteiger partial charge in [-0.2, -0.15) is 11.8 Å². The Labute approximate surface area is 245 Å². The third-order valence-electron chi connectivity index (χ3n) is 7.68. The molecule has 0 unspecified atom stereocenters. The maximum absolute atomic E-state index is 15.0. The molecule has 216 valence electrons. The zero-order chi connectivity index (χ0) is 28.6. The zero-order valence-electron chi connectivity index (χ0n) is 23.5. The van der Waals surface area contributed by atoms with Gasteiger partial charge in [0, 0.05) is 75.1 Å². The molecule has 0 saturated carbocycles. The number of benzene rings is 3. The first-order valence-electron chi connectivity index (χ1n) is 14.1. The van der Waals surface area contributed by atoms with E-state index in [-0.39, 0.29) is 18.1 Å². The van der Waals surface area contributed by atoms with Gasteiger partial charge in [-0.3, -0.25) is 14.7 Å². The average Bonchev–Trinajstić information content (AvgIpc) is 3.02. The lowest BCUT2D eigenvalue weighted by Gasteiger charge is -2.35. The Hall–Kier alpha value is -3.40. The minimum absolute atomic E-state index is 0.0679. The Kier molecular flexibility index (Phi) is 9.92. The molecule has 3 aromatic carbocycles. The van der Waals surface area contributed by atoms with E-state index >= 15 is 4.39 Å². The molecule has 0 aromatic heterocycles. The van der Waals surface area contributed by atoms with Crippen molar-refractivity contribution in [2.24, 2.45) is 0 Å². The fraction of sp³-hybridized carbons (Fsp3) is 0.375. The molecule has 0 bridgehead atoms. The van der Waals surface area contributed by atoms with Crippen molar-refractivity contribution >= 4 is 29.4 Å². The number of urea groups is 1. The Morgan fingerprint density at radius 2 is 1.44 bits per heavy atom. The van der Waals surface area contributed by atoms with Crippen LogP contribution in [-0.2, 0) is 24.4 Å². The largest absolute Gasteiger partial charge is 0.465 e. The predicted octanol–water partition coefficient (Wildman–Crippen LogP) is 5.11. The van der Waals surface area contributed by atoms with E-state index in [4.69, 9.17) is 4.74 Å². The van der Waals surface area contributed by atoms with Crippen molar-refractivity contribution in [3.8, 4) is 0 Å². The number of hydrogen-bond acceptors (Lipinski definition) is 6. The van der Waals surface area contributed by atoms with Gasteiger partial charge >= 0.3 is 12.0 Å². The first kappa shape index (κ1) is 29.1. The van der Waals surface area contributed by atoms with Gasteiger partial charge < -0.3 is 9.64 Å². The van der Waals surface area contributed by atoms with Crippen molar-refractivity contribution < 1.29 is 18.7 Å². The molecular formula is C32H37FN4O3S. The van der Waals surface area contributed by atoms with Gasteiger partial charge in [-0.1, -0.05) is 48.5 Å². The van der Waals surface area contributed by atoms with E-state index in [0.717, 1.165) is 56.5 Å². The number of esters is 1. The number of nitrogens with zero attached hydrogens (tertiary/aromatic N) is 4. The molecule has 2 saturated heterocycles. The Bertz CT molecular complexity index is 1310. The summed E-state index contributed by atoms with van der Waals surface area (Å²) in [4.78, 5) is 33.9. The number of halogens is 1. The van der Waals surface area contributed by atoms with Gasteiger partial charge in [0.2, 0.25) is 0 Å². The van der Waals surface area contributed by atoms with Crippen LogP contribution in [0.1, 0.15) is 27.0 Å². The summed E-state index contributed by atoms with van der Waals surface area (Å²) >= 11 is 1.83. The van der Waals surface area contributed by atoms with Crippen LogP contribution in [0.25, 0.3) is 0 Å². The fourth-order valence-electron chi connectivity index (χ4n) is 5.27. The van der Waals surface area contributed by atoms with Crippen LogP contribution in [0.3, 0.4) is 0 Å². The molecule has 0 aliphatic carbocycles. The van der Waals surface area contributed by atoms with Crippen molar-refractivity contribution in [2.75, 3.05) is 62.8 Å². The first-order chi connectivity index (χ1) is 20.0. The summed E-state index contributed by atoms with van der Waals surface area (Å²) in [5, 5.41) is 0. The zero-order valence-corrected chi connectivity index (χ0v) is 24.3. The number of carbonyl (C=O) groups is 2. The first-order valence-corrected chi connectivity index (χ1v) is 15.2. The molecular weight excluding hydrogens is 539 g/mol. The number of amides is 2. The molecule has 2 amide bonds. The number of rotatable bonds is 8. The number of hydrogen-bond donors (Lipinski definition) is 0. The average molecular weight is 577 g/mol. The fourth-order valence-corrected chi connectivity index (χ4v) is 6.18. The summed E-state index contributed by atoms with van der Waals surface area (Å²) in [6.45, 7) is 7.30. The summed E-state index contributed by atoms with van der Waals surface area (Å²) in [5.74, 6) is 0.642. The van der Waals surface area contributed by atoms with E-state index in [0.29, 0.717) is 18.7 Å². The normalized spacial score (nSPS) is 16.4. The van der Waals surface area contributed by atoms with Gasteiger partial charge in [-0.15, -0.1) is 0 Å². The van der Waals surface area contributed by atoms with E-state index in [2.05, 4.69) is 52.3 Å². The van der Waals surface area contributed by atoms with Crippen LogP contribution in [0.4, 0.5) is 14.9 Å². The number of methoxy groups -OCH3 is 1. The maximum Gasteiger partial charge on any atom is 0.337 e. The molecule has 2 aliphatic heterocycles.